The van der Waals surface area contributed by atoms with Crippen LogP contribution >= 0.6 is 0 Å². The predicted octanol–water partition coefficient (Wildman–Crippen LogP) is 1.79. The van der Waals surface area contributed by atoms with Crippen LogP contribution in [0.3, 0.4) is 0 Å². The lowest BCUT2D eigenvalue weighted by molar-refractivity contribution is 0.101. The Morgan fingerprint density at radius 2 is 1.71 bits per heavy atom. The molecule has 1 aliphatic heterocycles. The van der Waals surface area contributed by atoms with Gasteiger partial charge in [-0.2, -0.15) is 0 Å². The van der Waals surface area contributed by atoms with Crippen LogP contribution in [0.15, 0.2) is 0 Å². The Morgan fingerprint density at radius 1 is 1.06 bits per heavy atom. The van der Waals surface area contributed by atoms with Gasteiger partial charge in [-0.15, -0.1) is 0 Å². The molecule has 0 aliphatic carbocycles. The number of hydrogen-bond acceptors (Lipinski definition) is 3. The lowest BCUT2D eigenvalue weighted by Crippen LogP contribution is -2.52. The molecule has 0 bridgehead atoms. The number of hydrogen-bond donors (Lipinski definition) is 1. The second-order valence-electron chi connectivity index (χ2n) is 5.44. The summed E-state index contributed by atoms with van der Waals surface area (Å²) < 4.78 is 0. The Kier molecular flexibility index (Phi) is 7.09. The van der Waals surface area contributed by atoms with E-state index in [1.807, 2.05) is 0 Å². The summed E-state index contributed by atoms with van der Waals surface area (Å²) in [5, 5.41) is 3.61. The third kappa shape index (κ3) is 5.36. The van der Waals surface area contributed by atoms with Gasteiger partial charge in [0.15, 0.2) is 0 Å². The van der Waals surface area contributed by atoms with Crippen LogP contribution in [-0.4, -0.2) is 61.2 Å². The Balaban J connectivity index is 2.19. The molecule has 1 rings (SSSR count). The van der Waals surface area contributed by atoms with E-state index in [1.165, 1.54) is 45.6 Å². The van der Waals surface area contributed by atoms with Gasteiger partial charge in [0.1, 0.15) is 0 Å². The van der Waals surface area contributed by atoms with Crippen LogP contribution in [0.5, 0.6) is 0 Å². The third-order valence-corrected chi connectivity index (χ3v) is 3.94. The molecule has 3 nitrogen and oxygen atoms in total. The highest BCUT2D eigenvalue weighted by Gasteiger charge is 2.20. The van der Waals surface area contributed by atoms with E-state index in [4.69, 9.17) is 0 Å². The molecule has 0 aromatic rings. The first-order valence-corrected chi connectivity index (χ1v) is 7.37. The van der Waals surface area contributed by atoms with Crippen LogP contribution in [0.25, 0.3) is 0 Å². The van der Waals surface area contributed by atoms with E-state index >= 15 is 0 Å². The molecule has 0 spiro atoms. The number of nitrogens with one attached hydrogen (secondary N) is 1. The molecule has 17 heavy (non-hydrogen) atoms. The molecule has 0 radical (unpaired) electrons. The second-order valence-corrected chi connectivity index (χ2v) is 5.44. The summed E-state index contributed by atoms with van der Waals surface area (Å²) >= 11 is 0. The molecule has 0 aromatic carbocycles. The zero-order valence-electron chi connectivity index (χ0n) is 12.2. The van der Waals surface area contributed by atoms with Gasteiger partial charge >= 0.3 is 0 Å². The minimum Gasteiger partial charge on any atom is -0.313 e. The average Bonchev–Trinajstić information content (AvgIpc) is 2.36. The summed E-state index contributed by atoms with van der Waals surface area (Å²) in [7, 11) is 0. The minimum absolute atomic E-state index is 0.652. The highest BCUT2D eigenvalue weighted by atomic mass is 15.3. The SMILES string of the molecule is CCCN1CCN(C(C)CNC(C)CC)CC1. The molecular weight excluding hydrogens is 210 g/mol. The van der Waals surface area contributed by atoms with Gasteiger partial charge < -0.3 is 10.2 Å². The van der Waals surface area contributed by atoms with Crippen molar-refractivity contribution in [2.75, 3.05) is 39.3 Å². The van der Waals surface area contributed by atoms with Crippen LogP contribution in [0.4, 0.5) is 0 Å². The van der Waals surface area contributed by atoms with Crippen molar-refractivity contribution in [1.29, 1.82) is 0 Å². The first-order chi connectivity index (χ1) is 8.17. The van der Waals surface area contributed by atoms with Gasteiger partial charge in [0.05, 0.1) is 0 Å². The molecule has 2 unspecified atom stereocenters. The maximum atomic E-state index is 3.61. The normalized spacial score (nSPS) is 22.6. The number of piperazine rings is 1. The summed E-state index contributed by atoms with van der Waals surface area (Å²) in [5.41, 5.74) is 0. The van der Waals surface area contributed by atoms with Crippen molar-refractivity contribution in [2.24, 2.45) is 0 Å². The standard InChI is InChI=1S/C14H31N3/c1-5-7-16-8-10-17(11-9-16)14(4)12-15-13(3)6-2/h13-15H,5-12H2,1-4H3. The van der Waals surface area contributed by atoms with Crippen LogP contribution in [0, 0.1) is 0 Å². The second kappa shape index (κ2) is 8.06. The first kappa shape index (κ1) is 14.9. The monoisotopic (exact) mass is 241 g/mol. The summed E-state index contributed by atoms with van der Waals surface area (Å²) in [6, 6.07) is 1.33. The first-order valence-electron chi connectivity index (χ1n) is 7.37. The molecule has 1 aliphatic rings. The molecular formula is C14H31N3. The molecule has 1 saturated heterocycles. The van der Waals surface area contributed by atoms with E-state index in [-0.39, 0.29) is 0 Å². The largest absolute Gasteiger partial charge is 0.313 e. The van der Waals surface area contributed by atoms with Crippen LogP contribution in [0.1, 0.15) is 40.5 Å². The average molecular weight is 241 g/mol. The summed E-state index contributed by atoms with van der Waals surface area (Å²) in [6.45, 7) is 16.5. The lowest BCUT2D eigenvalue weighted by atomic mass is 10.2. The Labute approximate surface area is 108 Å². The van der Waals surface area contributed by atoms with Gasteiger partial charge in [0.25, 0.3) is 0 Å². The van der Waals surface area contributed by atoms with Crippen molar-refractivity contribution < 1.29 is 0 Å². The van der Waals surface area contributed by atoms with Crippen molar-refractivity contribution in [2.45, 2.75) is 52.6 Å². The van der Waals surface area contributed by atoms with Gasteiger partial charge in [-0.1, -0.05) is 13.8 Å². The molecule has 1 fully saturated rings. The molecule has 2 atom stereocenters. The van der Waals surface area contributed by atoms with Crippen molar-refractivity contribution >= 4 is 0 Å². The number of nitrogens with zero attached hydrogens (tertiary/aromatic N) is 2. The van der Waals surface area contributed by atoms with E-state index in [2.05, 4.69) is 42.8 Å². The van der Waals surface area contributed by atoms with E-state index < -0.39 is 0 Å². The van der Waals surface area contributed by atoms with Crippen LogP contribution in [-0.2, 0) is 0 Å². The van der Waals surface area contributed by atoms with Gasteiger partial charge in [0, 0.05) is 44.8 Å². The van der Waals surface area contributed by atoms with Crippen molar-refractivity contribution in [3.8, 4) is 0 Å². The van der Waals surface area contributed by atoms with E-state index in [0.717, 1.165) is 6.54 Å². The number of rotatable bonds is 7. The fourth-order valence-corrected chi connectivity index (χ4v) is 2.39. The van der Waals surface area contributed by atoms with Gasteiger partial charge in [-0.25, -0.2) is 0 Å². The zero-order chi connectivity index (χ0) is 12.7. The highest BCUT2D eigenvalue weighted by Crippen LogP contribution is 2.06. The van der Waals surface area contributed by atoms with Crippen LogP contribution in [0.2, 0.25) is 0 Å². The van der Waals surface area contributed by atoms with E-state index in [1.54, 1.807) is 0 Å². The topological polar surface area (TPSA) is 18.5 Å². The Hall–Kier alpha value is -0.120. The predicted molar refractivity (Wildman–Crippen MR) is 75.5 cm³/mol. The van der Waals surface area contributed by atoms with Gasteiger partial charge in [0.2, 0.25) is 0 Å². The Bertz CT molecular complexity index is 188. The highest BCUT2D eigenvalue weighted by molar-refractivity contribution is 4.78. The molecule has 1 heterocycles. The Morgan fingerprint density at radius 3 is 2.24 bits per heavy atom. The fraction of sp³-hybridized carbons (Fsp3) is 1.00. The molecule has 0 amide bonds. The van der Waals surface area contributed by atoms with Gasteiger partial charge in [-0.3, -0.25) is 4.90 Å². The van der Waals surface area contributed by atoms with E-state index in [0.29, 0.717) is 12.1 Å². The minimum atomic E-state index is 0.652. The smallest absolute Gasteiger partial charge is 0.0193 e. The fourth-order valence-electron chi connectivity index (χ4n) is 2.39. The molecule has 1 N–H and O–H groups in total. The van der Waals surface area contributed by atoms with E-state index in [9.17, 15) is 0 Å². The summed E-state index contributed by atoms with van der Waals surface area (Å²) in [6.07, 6.45) is 2.50. The third-order valence-electron chi connectivity index (χ3n) is 3.94. The maximum Gasteiger partial charge on any atom is 0.0193 e. The van der Waals surface area contributed by atoms with Crippen molar-refractivity contribution in [1.82, 2.24) is 15.1 Å². The molecule has 0 aromatic heterocycles. The maximum absolute atomic E-state index is 3.61. The summed E-state index contributed by atoms with van der Waals surface area (Å²) in [5.74, 6) is 0. The molecule has 3 heteroatoms. The summed E-state index contributed by atoms with van der Waals surface area (Å²) in [4.78, 5) is 5.22. The molecule has 102 valence electrons. The quantitative estimate of drug-likeness (QED) is 0.733. The lowest BCUT2D eigenvalue weighted by Gasteiger charge is -2.38. The van der Waals surface area contributed by atoms with Crippen molar-refractivity contribution in [3.63, 3.8) is 0 Å². The van der Waals surface area contributed by atoms with Crippen molar-refractivity contribution in [3.05, 3.63) is 0 Å². The zero-order valence-corrected chi connectivity index (χ0v) is 12.2. The molecule has 0 saturated carbocycles. The van der Waals surface area contributed by atoms with Gasteiger partial charge in [-0.05, 0) is 33.2 Å². The van der Waals surface area contributed by atoms with Crippen LogP contribution < -0.4 is 5.32 Å².